The van der Waals surface area contributed by atoms with Gasteiger partial charge in [0.2, 0.25) is 0 Å². The number of benzene rings is 1. The van der Waals surface area contributed by atoms with Crippen molar-refractivity contribution in [2.45, 2.75) is 44.8 Å². The lowest BCUT2D eigenvalue weighted by Crippen LogP contribution is -2.39. The van der Waals surface area contributed by atoms with Crippen molar-refractivity contribution in [1.29, 1.82) is 0 Å². The minimum Gasteiger partial charge on any atom is -0.491 e. The van der Waals surface area contributed by atoms with E-state index in [1.807, 2.05) is 24.3 Å². The summed E-state index contributed by atoms with van der Waals surface area (Å²) in [7, 11) is 0. The molecule has 1 aromatic carbocycles. The number of halogens is 1. The van der Waals surface area contributed by atoms with Gasteiger partial charge in [-0.3, -0.25) is 0 Å². The normalized spacial score (nSPS) is 18.9. The Labute approximate surface area is 129 Å². The van der Waals surface area contributed by atoms with Gasteiger partial charge in [-0.15, -0.1) is 0 Å². The quantitative estimate of drug-likeness (QED) is 0.798. The topological polar surface area (TPSA) is 41.5 Å². The van der Waals surface area contributed by atoms with Crippen LogP contribution >= 0.6 is 15.9 Å². The first-order valence-electron chi connectivity index (χ1n) is 7.45. The minimum atomic E-state index is -0.474. The van der Waals surface area contributed by atoms with E-state index >= 15 is 0 Å². The molecule has 0 aromatic heterocycles. The summed E-state index contributed by atoms with van der Waals surface area (Å²) >= 11 is 3.40. The molecule has 0 bridgehead atoms. The van der Waals surface area contributed by atoms with Crippen molar-refractivity contribution >= 4 is 15.9 Å². The first-order chi connectivity index (χ1) is 9.65. The highest BCUT2D eigenvalue weighted by Gasteiger charge is 2.21. The Morgan fingerprint density at radius 1 is 1.40 bits per heavy atom. The van der Waals surface area contributed by atoms with E-state index in [1.54, 1.807) is 0 Å². The van der Waals surface area contributed by atoms with Crippen LogP contribution in [0.1, 0.15) is 32.6 Å². The van der Waals surface area contributed by atoms with Crippen molar-refractivity contribution in [3.8, 4) is 5.75 Å². The van der Waals surface area contributed by atoms with Crippen LogP contribution in [0, 0.1) is 5.92 Å². The highest BCUT2D eigenvalue weighted by Crippen LogP contribution is 2.27. The zero-order valence-electron chi connectivity index (χ0n) is 12.0. The maximum atomic E-state index is 9.97. The molecule has 2 N–H and O–H groups in total. The summed E-state index contributed by atoms with van der Waals surface area (Å²) in [6.45, 7) is 3.13. The van der Waals surface area contributed by atoms with Crippen LogP contribution in [0.4, 0.5) is 0 Å². The van der Waals surface area contributed by atoms with E-state index in [9.17, 15) is 5.11 Å². The van der Waals surface area contributed by atoms with Gasteiger partial charge in [-0.05, 0) is 43.9 Å². The first kappa shape index (κ1) is 15.8. The molecular weight excluding hydrogens is 318 g/mol. The Bertz CT molecular complexity index is 407. The van der Waals surface area contributed by atoms with Gasteiger partial charge in [0.15, 0.2) is 0 Å². The van der Waals surface area contributed by atoms with E-state index in [1.165, 1.54) is 25.7 Å². The molecular formula is C16H24BrNO2. The second kappa shape index (κ2) is 8.01. The average Bonchev–Trinajstić information content (AvgIpc) is 2.97. The molecule has 1 saturated carbocycles. The van der Waals surface area contributed by atoms with E-state index in [-0.39, 0.29) is 0 Å². The largest absolute Gasteiger partial charge is 0.491 e. The lowest BCUT2D eigenvalue weighted by molar-refractivity contribution is 0.102. The van der Waals surface area contributed by atoms with Crippen molar-refractivity contribution < 1.29 is 9.84 Å². The molecule has 0 heterocycles. The molecule has 0 saturated heterocycles. The summed E-state index contributed by atoms with van der Waals surface area (Å²) in [6, 6.07) is 8.16. The minimum absolute atomic E-state index is 0.320. The summed E-state index contributed by atoms with van der Waals surface area (Å²) in [5.74, 6) is 1.55. The molecule has 2 rings (SSSR count). The molecule has 20 heavy (non-hydrogen) atoms. The van der Waals surface area contributed by atoms with Crippen molar-refractivity contribution in [2.24, 2.45) is 5.92 Å². The van der Waals surface area contributed by atoms with E-state index < -0.39 is 6.10 Å². The van der Waals surface area contributed by atoms with Gasteiger partial charge in [0, 0.05) is 17.1 Å². The lowest BCUT2D eigenvalue weighted by atomic mass is 10.00. The average molecular weight is 342 g/mol. The van der Waals surface area contributed by atoms with Gasteiger partial charge in [0.25, 0.3) is 0 Å². The Balaban J connectivity index is 1.66. The molecule has 4 heteroatoms. The molecule has 1 aliphatic rings. The maximum absolute atomic E-state index is 9.97. The van der Waals surface area contributed by atoms with Gasteiger partial charge >= 0.3 is 0 Å². The number of hydrogen-bond donors (Lipinski definition) is 2. The Hall–Kier alpha value is -0.580. The van der Waals surface area contributed by atoms with Gasteiger partial charge < -0.3 is 15.2 Å². The van der Waals surface area contributed by atoms with E-state index in [0.29, 0.717) is 19.2 Å². The van der Waals surface area contributed by atoms with Crippen LogP contribution in [0.5, 0.6) is 5.75 Å². The highest BCUT2D eigenvalue weighted by atomic mass is 79.9. The fourth-order valence-electron chi connectivity index (χ4n) is 2.75. The third-order valence-electron chi connectivity index (χ3n) is 4.02. The molecule has 1 aromatic rings. The van der Waals surface area contributed by atoms with Crippen molar-refractivity contribution in [3.63, 3.8) is 0 Å². The fraction of sp³-hybridized carbons (Fsp3) is 0.625. The van der Waals surface area contributed by atoms with Gasteiger partial charge in [0.1, 0.15) is 18.5 Å². The third-order valence-corrected chi connectivity index (χ3v) is 4.51. The van der Waals surface area contributed by atoms with Crippen LogP contribution in [0.3, 0.4) is 0 Å². The zero-order chi connectivity index (χ0) is 14.4. The smallest absolute Gasteiger partial charge is 0.120 e. The van der Waals surface area contributed by atoms with Crippen LogP contribution in [0.15, 0.2) is 28.7 Å². The van der Waals surface area contributed by atoms with Crippen LogP contribution in [-0.4, -0.2) is 30.4 Å². The number of nitrogens with one attached hydrogen (secondary N) is 1. The SMILES string of the molecule is C[C@@H](NCC(O)COc1cccc(Br)c1)C1CCCC1. The van der Waals surface area contributed by atoms with Crippen LogP contribution in [0.25, 0.3) is 0 Å². The van der Waals surface area contributed by atoms with E-state index in [2.05, 4.69) is 28.2 Å². The number of rotatable bonds is 7. The molecule has 112 valence electrons. The number of aliphatic hydroxyl groups excluding tert-OH is 1. The zero-order valence-corrected chi connectivity index (χ0v) is 13.6. The van der Waals surface area contributed by atoms with Gasteiger partial charge in [-0.1, -0.05) is 34.8 Å². The van der Waals surface area contributed by atoms with Gasteiger partial charge in [0.05, 0.1) is 0 Å². The summed E-state index contributed by atoms with van der Waals surface area (Å²) in [5.41, 5.74) is 0. The van der Waals surface area contributed by atoms with Crippen LogP contribution < -0.4 is 10.1 Å². The lowest BCUT2D eigenvalue weighted by Gasteiger charge is -2.22. The van der Waals surface area contributed by atoms with E-state index in [4.69, 9.17) is 4.74 Å². The standard InChI is InChI=1S/C16H24BrNO2/c1-12(13-5-2-3-6-13)18-10-15(19)11-20-16-8-4-7-14(17)9-16/h4,7-9,12-13,15,18-19H,2-3,5-6,10-11H2,1H3/t12-,15?/m1/s1. The van der Waals surface area contributed by atoms with Gasteiger partial charge in [-0.2, -0.15) is 0 Å². The highest BCUT2D eigenvalue weighted by molar-refractivity contribution is 9.10. The van der Waals surface area contributed by atoms with Crippen LogP contribution in [0.2, 0.25) is 0 Å². The van der Waals surface area contributed by atoms with Crippen molar-refractivity contribution in [3.05, 3.63) is 28.7 Å². The summed E-state index contributed by atoms with van der Waals surface area (Å²) in [6.07, 6.45) is 4.87. The van der Waals surface area contributed by atoms with E-state index in [0.717, 1.165) is 16.1 Å². The fourth-order valence-corrected chi connectivity index (χ4v) is 3.13. The molecule has 2 atom stereocenters. The monoisotopic (exact) mass is 341 g/mol. The number of aliphatic hydroxyl groups is 1. The third kappa shape index (κ3) is 5.08. The summed E-state index contributed by atoms with van der Waals surface area (Å²) in [4.78, 5) is 0. The molecule has 0 aliphatic heterocycles. The predicted molar refractivity (Wildman–Crippen MR) is 85.1 cm³/mol. The Kier molecular flexibility index (Phi) is 6.33. The number of hydrogen-bond acceptors (Lipinski definition) is 3. The predicted octanol–water partition coefficient (Wildman–Crippen LogP) is 3.36. The Morgan fingerprint density at radius 2 is 2.15 bits per heavy atom. The molecule has 0 radical (unpaired) electrons. The van der Waals surface area contributed by atoms with Crippen molar-refractivity contribution in [1.82, 2.24) is 5.32 Å². The number of ether oxygens (including phenoxy) is 1. The molecule has 0 amide bonds. The molecule has 1 fully saturated rings. The summed E-state index contributed by atoms with van der Waals surface area (Å²) in [5, 5.41) is 13.4. The second-order valence-electron chi connectivity index (χ2n) is 5.66. The van der Waals surface area contributed by atoms with Crippen molar-refractivity contribution in [2.75, 3.05) is 13.2 Å². The first-order valence-corrected chi connectivity index (χ1v) is 8.24. The Morgan fingerprint density at radius 3 is 2.85 bits per heavy atom. The molecule has 1 unspecified atom stereocenters. The maximum Gasteiger partial charge on any atom is 0.120 e. The molecule has 3 nitrogen and oxygen atoms in total. The molecule has 0 spiro atoms. The van der Waals surface area contributed by atoms with Crippen LogP contribution in [-0.2, 0) is 0 Å². The summed E-state index contributed by atoms with van der Waals surface area (Å²) < 4.78 is 6.57. The molecule has 1 aliphatic carbocycles. The second-order valence-corrected chi connectivity index (χ2v) is 6.58. The van der Waals surface area contributed by atoms with Gasteiger partial charge in [-0.25, -0.2) is 0 Å².